The maximum atomic E-state index is 12.3. The van der Waals surface area contributed by atoms with E-state index in [1.54, 1.807) is 0 Å². The van der Waals surface area contributed by atoms with Crippen molar-refractivity contribution in [3.05, 3.63) is 51.8 Å². The highest BCUT2D eigenvalue weighted by Crippen LogP contribution is 2.14. The van der Waals surface area contributed by atoms with Crippen LogP contribution < -0.4 is 0 Å². The Balaban J connectivity index is 2.21. The first-order valence-electron chi connectivity index (χ1n) is 6.48. The van der Waals surface area contributed by atoms with Crippen molar-refractivity contribution in [2.45, 2.75) is 33.2 Å². The van der Waals surface area contributed by atoms with Crippen LogP contribution in [0.25, 0.3) is 0 Å². The minimum atomic E-state index is 0.0850. The van der Waals surface area contributed by atoms with Crippen LogP contribution in [0.1, 0.15) is 35.6 Å². The molecule has 1 heterocycles. The molecule has 0 bridgehead atoms. The lowest BCUT2D eigenvalue weighted by molar-refractivity contribution is 0.0966. The average Bonchev–Trinajstić information content (AvgIpc) is 2.81. The van der Waals surface area contributed by atoms with Gasteiger partial charge in [0.2, 0.25) is 0 Å². The molecule has 0 saturated carbocycles. The highest BCUT2D eigenvalue weighted by Gasteiger charge is 2.11. The summed E-state index contributed by atoms with van der Waals surface area (Å²) >= 11 is 3.38. The summed E-state index contributed by atoms with van der Waals surface area (Å²) < 4.78 is 2.74. The summed E-state index contributed by atoms with van der Waals surface area (Å²) in [5.74, 6) is 0.0850. The van der Waals surface area contributed by atoms with E-state index in [-0.39, 0.29) is 5.78 Å². The van der Waals surface area contributed by atoms with E-state index < -0.39 is 0 Å². The van der Waals surface area contributed by atoms with Gasteiger partial charge in [0.05, 0.1) is 5.69 Å². The van der Waals surface area contributed by atoms with Crippen molar-refractivity contribution in [1.82, 2.24) is 9.78 Å². The fourth-order valence-corrected chi connectivity index (χ4v) is 2.40. The van der Waals surface area contributed by atoms with Gasteiger partial charge in [-0.3, -0.25) is 9.48 Å². The average molecular weight is 321 g/mol. The third-order valence-corrected chi connectivity index (χ3v) is 3.57. The topological polar surface area (TPSA) is 34.9 Å². The Morgan fingerprint density at radius 1 is 1.26 bits per heavy atom. The SMILES string of the molecule is CCc1cc(CC)n(CC(=O)c2cccc(Br)c2)n1. The van der Waals surface area contributed by atoms with Crippen LogP contribution in [0.3, 0.4) is 0 Å². The van der Waals surface area contributed by atoms with Crippen molar-refractivity contribution in [2.24, 2.45) is 0 Å². The zero-order valence-electron chi connectivity index (χ0n) is 11.2. The van der Waals surface area contributed by atoms with Gasteiger partial charge in [0.25, 0.3) is 0 Å². The van der Waals surface area contributed by atoms with Gasteiger partial charge in [-0.2, -0.15) is 5.10 Å². The summed E-state index contributed by atoms with van der Waals surface area (Å²) in [6, 6.07) is 9.55. The smallest absolute Gasteiger partial charge is 0.184 e. The van der Waals surface area contributed by atoms with Crippen LogP contribution in [0, 0.1) is 0 Å². The monoisotopic (exact) mass is 320 g/mol. The van der Waals surface area contributed by atoms with Gasteiger partial charge in [-0.25, -0.2) is 0 Å². The molecule has 0 atom stereocenters. The van der Waals surface area contributed by atoms with Gasteiger partial charge in [-0.15, -0.1) is 0 Å². The lowest BCUT2D eigenvalue weighted by Crippen LogP contribution is -2.14. The number of ketones is 1. The Labute approximate surface area is 121 Å². The number of nitrogens with zero attached hydrogens (tertiary/aromatic N) is 2. The second kappa shape index (κ2) is 6.15. The van der Waals surface area contributed by atoms with Gasteiger partial charge >= 0.3 is 0 Å². The van der Waals surface area contributed by atoms with Crippen molar-refractivity contribution in [1.29, 1.82) is 0 Å². The zero-order valence-corrected chi connectivity index (χ0v) is 12.8. The van der Waals surface area contributed by atoms with E-state index in [4.69, 9.17) is 0 Å². The number of Topliss-reactive ketones (excluding diaryl/α,β-unsaturated/α-hetero) is 1. The van der Waals surface area contributed by atoms with E-state index in [1.807, 2.05) is 28.9 Å². The second-order valence-electron chi connectivity index (χ2n) is 4.43. The van der Waals surface area contributed by atoms with Gasteiger partial charge in [-0.1, -0.05) is 41.9 Å². The van der Waals surface area contributed by atoms with Crippen molar-refractivity contribution in [3.63, 3.8) is 0 Å². The first-order chi connectivity index (χ1) is 9.13. The van der Waals surface area contributed by atoms with Gasteiger partial charge in [0, 0.05) is 15.7 Å². The highest BCUT2D eigenvalue weighted by molar-refractivity contribution is 9.10. The molecule has 0 fully saturated rings. The molecule has 3 nitrogen and oxygen atoms in total. The maximum absolute atomic E-state index is 12.3. The largest absolute Gasteiger partial charge is 0.292 e. The normalized spacial score (nSPS) is 10.7. The van der Waals surface area contributed by atoms with E-state index in [1.165, 1.54) is 0 Å². The summed E-state index contributed by atoms with van der Waals surface area (Å²) in [4.78, 5) is 12.3. The summed E-state index contributed by atoms with van der Waals surface area (Å²) in [6.45, 7) is 4.46. The van der Waals surface area contributed by atoms with Crippen molar-refractivity contribution in [3.8, 4) is 0 Å². The molecule has 2 aromatic rings. The molecule has 1 aromatic heterocycles. The van der Waals surface area contributed by atoms with Crippen molar-refractivity contribution < 1.29 is 4.79 Å². The number of halogens is 1. The Hall–Kier alpha value is -1.42. The summed E-state index contributed by atoms with van der Waals surface area (Å²) in [5.41, 5.74) is 2.86. The summed E-state index contributed by atoms with van der Waals surface area (Å²) in [6.07, 6.45) is 1.78. The highest BCUT2D eigenvalue weighted by atomic mass is 79.9. The predicted octanol–water partition coefficient (Wildman–Crippen LogP) is 3.65. The molecule has 0 unspecified atom stereocenters. The fraction of sp³-hybridized carbons (Fsp3) is 0.333. The number of benzene rings is 1. The Kier molecular flexibility index (Phi) is 4.53. The van der Waals surface area contributed by atoms with Crippen LogP contribution >= 0.6 is 15.9 Å². The van der Waals surface area contributed by atoms with Crippen LogP contribution in [0.2, 0.25) is 0 Å². The van der Waals surface area contributed by atoms with Gasteiger partial charge in [0.15, 0.2) is 5.78 Å². The van der Waals surface area contributed by atoms with Crippen LogP contribution in [-0.4, -0.2) is 15.6 Å². The lowest BCUT2D eigenvalue weighted by Gasteiger charge is -2.05. The van der Waals surface area contributed by atoms with E-state index >= 15 is 0 Å². The molecule has 0 radical (unpaired) electrons. The number of rotatable bonds is 5. The van der Waals surface area contributed by atoms with Crippen molar-refractivity contribution in [2.75, 3.05) is 0 Å². The van der Waals surface area contributed by atoms with Crippen LogP contribution in [0.15, 0.2) is 34.8 Å². The van der Waals surface area contributed by atoms with Crippen molar-refractivity contribution >= 4 is 21.7 Å². The molecule has 0 aliphatic heterocycles. The predicted molar refractivity (Wildman–Crippen MR) is 79.5 cm³/mol. The van der Waals surface area contributed by atoms with Gasteiger partial charge in [0.1, 0.15) is 6.54 Å². The summed E-state index contributed by atoms with van der Waals surface area (Å²) in [7, 11) is 0. The molecule has 2 rings (SSSR count). The first kappa shape index (κ1) is 14.0. The van der Waals surface area contributed by atoms with E-state index in [2.05, 4.69) is 40.9 Å². The number of aryl methyl sites for hydroxylation is 2. The lowest BCUT2D eigenvalue weighted by atomic mass is 10.1. The first-order valence-corrected chi connectivity index (χ1v) is 7.27. The number of hydrogen-bond acceptors (Lipinski definition) is 2. The molecule has 0 aliphatic rings. The van der Waals surface area contributed by atoms with E-state index in [0.29, 0.717) is 12.1 Å². The number of hydrogen-bond donors (Lipinski definition) is 0. The molecule has 19 heavy (non-hydrogen) atoms. The molecule has 0 aliphatic carbocycles. The molecule has 100 valence electrons. The molecule has 0 spiro atoms. The molecule has 1 aromatic carbocycles. The Bertz CT molecular complexity index is 590. The standard InChI is InChI=1S/C15H17BrN2O/c1-3-13-9-14(4-2)18(17-13)10-15(19)11-6-5-7-12(16)8-11/h5-9H,3-4,10H2,1-2H3. The third kappa shape index (κ3) is 3.32. The molecular weight excluding hydrogens is 304 g/mol. The quantitative estimate of drug-likeness (QED) is 0.788. The van der Waals surface area contributed by atoms with Crippen LogP contribution in [-0.2, 0) is 19.4 Å². The van der Waals surface area contributed by atoms with Crippen LogP contribution in [0.5, 0.6) is 0 Å². The van der Waals surface area contributed by atoms with E-state index in [9.17, 15) is 4.79 Å². The van der Waals surface area contributed by atoms with E-state index in [0.717, 1.165) is 28.7 Å². The summed E-state index contributed by atoms with van der Waals surface area (Å²) in [5, 5.41) is 4.47. The number of aromatic nitrogens is 2. The third-order valence-electron chi connectivity index (χ3n) is 3.08. The molecule has 0 N–H and O–H groups in total. The number of carbonyl (C=O) groups excluding carboxylic acids is 1. The minimum absolute atomic E-state index is 0.0850. The van der Waals surface area contributed by atoms with Gasteiger partial charge < -0.3 is 0 Å². The molecule has 0 amide bonds. The number of carbonyl (C=O) groups is 1. The fourth-order valence-electron chi connectivity index (χ4n) is 2.00. The van der Waals surface area contributed by atoms with Crippen LogP contribution in [0.4, 0.5) is 0 Å². The maximum Gasteiger partial charge on any atom is 0.184 e. The Morgan fingerprint density at radius 2 is 2.05 bits per heavy atom. The molecular formula is C15H17BrN2O. The molecule has 4 heteroatoms. The van der Waals surface area contributed by atoms with Gasteiger partial charge in [-0.05, 0) is 31.0 Å². The second-order valence-corrected chi connectivity index (χ2v) is 5.34. The molecule has 0 saturated heterocycles. The zero-order chi connectivity index (χ0) is 13.8. The minimum Gasteiger partial charge on any atom is -0.292 e. The Morgan fingerprint density at radius 3 is 2.68 bits per heavy atom.